The predicted molar refractivity (Wildman–Crippen MR) is 97.9 cm³/mol. The molecule has 0 aliphatic carbocycles. The first-order valence-electron chi connectivity index (χ1n) is 8.98. The van der Waals surface area contributed by atoms with Gasteiger partial charge in [-0.25, -0.2) is 9.97 Å². The number of carbonyl (C=O) groups is 1. The zero-order valence-electron chi connectivity index (χ0n) is 14.6. The highest BCUT2D eigenvalue weighted by molar-refractivity contribution is 7.99. The lowest BCUT2D eigenvalue weighted by atomic mass is 10.1. The molecule has 0 radical (unpaired) electrons. The van der Waals surface area contributed by atoms with E-state index in [-0.39, 0.29) is 0 Å². The van der Waals surface area contributed by atoms with Crippen LogP contribution >= 0.6 is 11.8 Å². The van der Waals surface area contributed by atoms with E-state index in [4.69, 9.17) is 5.73 Å². The Bertz CT molecular complexity index is 466. The van der Waals surface area contributed by atoms with Crippen molar-refractivity contribution in [3.63, 3.8) is 0 Å². The van der Waals surface area contributed by atoms with Gasteiger partial charge >= 0.3 is 0 Å². The van der Waals surface area contributed by atoms with Gasteiger partial charge < -0.3 is 5.73 Å². The molecule has 2 N–H and O–H groups in total. The van der Waals surface area contributed by atoms with Gasteiger partial charge in [0.15, 0.2) is 5.16 Å². The standard InChI is InChI=1S/C18H31N3OS/c1-3-5-7-8-9-10-11-12-15-14-16(17(19)22)21-18(20-15)23-13-6-4-2/h14H,3-13H2,1-2H3,(H2,19,22). The first-order valence-corrected chi connectivity index (χ1v) is 9.96. The number of amides is 1. The Labute approximate surface area is 145 Å². The topological polar surface area (TPSA) is 68.9 Å². The molecule has 0 bridgehead atoms. The van der Waals surface area contributed by atoms with Gasteiger partial charge in [-0.1, -0.05) is 70.6 Å². The first-order chi connectivity index (χ1) is 11.2. The second-order valence-corrected chi connectivity index (χ2v) is 7.03. The average Bonchev–Trinajstić information content (AvgIpc) is 2.54. The molecule has 130 valence electrons. The van der Waals surface area contributed by atoms with E-state index in [1.807, 2.05) is 0 Å². The van der Waals surface area contributed by atoms with Crippen molar-refractivity contribution in [3.8, 4) is 0 Å². The van der Waals surface area contributed by atoms with Gasteiger partial charge in [0.25, 0.3) is 5.91 Å². The van der Waals surface area contributed by atoms with Crippen LogP contribution in [0.15, 0.2) is 11.2 Å². The molecule has 0 aromatic carbocycles. The number of aryl methyl sites for hydroxylation is 1. The van der Waals surface area contributed by atoms with E-state index in [9.17, 15) is 4.79 Å². The number of aromatic nitrogens is 2. The summed E-state index contributed by atoms with van der Waals surface area (Å²) in [5, 5.41) is 0.688. The molecule has 0 saturated carbocycles. The third-order valence-corrected chi connectivity index (χ3v) is 4.71. The Morgan fingerprint density at radius 3 is 2.30 bits per heavy atom. The average molecular weight is 338 g/mol. The molecule has 0 fully saturated rings. The first kappa shape index (κ1) is 19.9. The highest BCUT2D eigenvalue weighted by atomic mass is 32.2. The maximum atomic E-state index is 11.4. The van der Waals surface area contributed by atoms with Crippen molar-refractivity contribution in [2.75, 3.05) is 5.75 Å². The fraction of sp³-hybridized carbons (Fsp3) is 0.722. The van der Waals surface area contributed by atoms with Crippen molar-refractivity contribution < 1.29 is 4.79 Å². The quantitative estimate of drug-likeness (QED) is 0.320. The zero-order chi connectivity index (χ0) is 16.9. The second-order valence-electron chi connectivity index (χ2n) is 5.96. The SMILES string of the molecule is CCCCCCCCCc1cc(C(N)=O)nc(SCCCC)n1. The molecule has 4 nitrogen and oxygen atoms in total. The monoisotopic (exact) mass is 337 g/mol. The number of primary amides is 1. The molecule has 23 heavy (non-hydrogen) atoms. The third kappa shape index (κ3) is 8.94. The van der Waals surface area contributed by atoms with Crippen LogP contribution in [0, 0.1) is 0 Å². The number of thioether (sulfide) groups is 1. The second kappa shape index (κ2) is 12.3. The third-order valence-electron chi connectivity index (χ3n) is 3.78. The molecule has 0 aliphatic heterocycles. The summed E-state index contributed by atoms with van der Waals surface area (Å²) in [6.45, 7) is 4.40. The van der Waals surface area contributed by atoms with Crippen LogP contribution in [-0.4, -0.2) is 21.6 Å². The van der Waals surface area contributed by atoms with Gasteiger partial charge in [0, 0.05) is 11.4 Å². The highest BCUT2D eigenvalue weighted by Gasteiger charge is 2.09. The van der Waals surface area contributed by atoms with Gasteiger partial charge in [-0.3, -0.25) is 4.79 Å². The van der Waals surface area contributed by atoms with Gasteiger partial charge in [-0.05, 0) is 25.3 Å². The van der Waals surface area contributed by atoms with Crippen molar-refractivity contribution in [1.29, 1.82) is 0 Å². The fourth-order valence-electron chi connectivity index (χ4n) is 2.36. The van der Waals surface area contributed by atoms with E-state index < -0.39 is 5.91 Å². The number of unbranched alkanes of at least 4 members (excludes halogenated alkanes) is 7. The van der Waals surface area contributed by atoms with E-state index in [1.54, 1.807) is 17.8 Å². The van der Waals surface area contributed by atoms with Crippen LogP contribution in [-0.2, 0) is 6.42 Å². The molecule has 0 atom stereocenters. The smallest absolute Gasteiger partial charge is 0.267 e. The number of rotatable bonds is 13. The molecule has 1 rings (SSSR count). The number of carbonyl (C=O) groups excluding carboxylic acids is 1. The minimum Gasteiger partial charge on any atom is -0.364 e. The summed E-state index contributed by atoms with van der Waals surface area (Å²) in [6, 6.07) is 1.75. The van der Waals surface area contributed by atoms with Crippen molar-refractivity contribution >= 4 is 17.7 Å². The van der Waals surface area contributed by atoms with E-state index in [1.165, 1.54) is 38.5 Å². The lowest BCUT2D eigenvalue weighted by Gasteiger charge is -2.06. The van der Waals surface area contributed by atoms with Crippen LogP contribution in [0.1, 0.15) is 87.8 Å². The van der Waals surface area contributed by atoms with Crippen LogP contribution < -0.4 is 5.73 Å². The number of nitrogens with two attached hydrogens (primary N) is 1. The van der Waals surface area contributed by atoms with E-state index in [0.717, 1.165) is 37.1 Å². The minimum absolute atomic E-state index is 0.344. The summed E-state index contributed by atoms with van der Waals surface area (Å²) < 4.78 is 0. The number of hydrogen-bond acceptors (Lipinski definition) is 4. The highest BCUT2D eigenvalue weighted by Crippen LogP contribution is 2.17. The molecule has 1 amide bonds. The molecule has 1 aromatic rings. The van der Waals surface area contributed by atoms with Gasteiger partial charge in [0.2, 0.25) is 0 Å². The Hall–Kier alpha value is -1.10. The van der Waals surface area contributed by atoms with Gasteiger partial charge in [-0.2, -0.15) is 0 Å². The van der Waals surface area contributed by atoms with E-state index in [0.29, 0.717) is 10.9 Å². The number of hydrogen-bond donors (Lipinski definition) is 1. The Morgan fingerprint density at radius 2 is 1.65 bits per heavy atom. The van der Waals surface area contributed by atoms with Gasteiger partial charge in [-0.15, -0.1) is 0 Å². The summed E-state index contributed by atoms with van der Waals surface area (Å²) in [6.07, 6.45) is 12.1. The molecular weight excluding hydrogens is 306 g/mol. The fourth-order valence-corrected chi connectivity index (χ4v) is 3.32. The van der Waals surface area contributed by atoms with Crippen LogP contribution in [0.4, 0.5) is 0 Å². The number of nitrogens with zero attached hydrogens (tertiary/aromatic N) is 2. The van der Waals surface area contributed by atoms with Crippen molar-refractivity contribution in [3.05, 3.63) is 17.5 Å². The summed E-state index contributed by atoms with van der Waals surface area (Å²) in [4.78, 5) is 20.3. The molecule has 0 spiro atoms. The molecular formula is C18H31N3OS. The maximum absolute atomic E-state index is 11.4. The lowest BCUT2D eigenvalue weighted by Crippen LogP contribution is -2.15. The summed E-state index contributed by atoms with van der Waals surface area (Å²) in [5.41, 5.74) is 6.68. The van der Waals surface area contributed by atoms with Crippen LogP contribution in [0.25, 0.3) is 0 Å². The zero-order valence-corrected chi connectivity index (χ0v) is 15.5. The molecule has 5 heteroatoms. The van der Waals surface area contributed by atoms with Gasteiger partial charge in [0.05, 0.1) is 0 Å². The van der Waals surface area contributed by atoms with Crippen molar-refractivity contribution in [2.45, 2.75) is 83.2 Å². The molecule has 1 heterocycles. The maximum Gasteiger partial charge on any atom is 0.267 e. The van der Waals surface area contributed by atoms with Crippen molar-refractivity contribution in [1.82, 2.24) is 9.97 Å². The van der Waals surface area contributed by atoms with Crippen LogP contribution in [0.5, 0.6) is 0 Å². The molecule has 0 unspecified atom stereocenters. The largest absolute Gasteiger partial charge is 0.364 e. The molecule has 0 saturated heterocycles. The Balaban J connectivity index is 2.47. The normalized spacial score (nSPS) is 10.9. The molecule has 1 aromatic heterocycles. The van der Waals surface area contributed by atoms with Gasteiger partial charge in [0.1, 0.15) is 5.69 Å². The molecule has 0 aliphatic rings. The minimum atomic E-state index is -0.467. The summed E-state index contributed by atoms with van der Waals surface area (Å²) in [5.74, 6) is 0.515. The Morgan fingerprint density at radius 1 is 1.00 bits per heavy atom. The summed E-state index contributed by atoms with van der Waals surface area (Å²) >= 11 is 1.61. The lowest BCUT2D eigenvalue weighted by molar-refractivity contribution is 0.0994. The van der Waals surface area contributed by atoms with E-state index >= 15 is 0 Å². The van der Waals surface area contributed by atoms with Crippen LogP contribution in [0.2, 0.25) is 0 Å². The van der Waals surface area contributed by atoms with E-state index in [2.05, 4.69) is 23.8 Å². The summed E-state index contributed by atoms with van der Waals surface area (Å²) in [7, 11) is 0. The predicted octanol–water partition coefficient (Wildman–Crippen LogP) is 4.76. The van der Waals surface area contributed by atoms with Crippen molar-refractivity contribution in [2.24, 2.45) is 5.73 Å². The Kier molecular flexibility index (Phi) is 10.7. The van der Waals surface area contributed by atoms with Crippen LogP contribution in [0.3, 0.4) is 0 Å².